The number of rotatable bonds is 5. The van der Waals surface area contributed by atoms with Gasteiger partial charge in [-0.15, -0.1) is 0 Å². The van der Waals surface area contributed by atoms with Gasteiger partial charge in [-0.3, -0.25) is 14.5 Å². The molecular weight excluding hydrogens is 366 g/mol. The number of nitrogens with zero attached hydrogens (tertiary/aromatic N) is 1. The van der Waals surface area contributed by atoms with E-state index in [-0.39, 0.29) is 18.4 Å². The lowest BCUT2D eigenvalue weighted by atomic mass is 10.1. The number of para-hydroxylation sites is 5. The number of anilines is 3. The maximum absolute atomic E-state index is 13.1. The SMILES string of the molecule is C[C@H](Nc1ccccc1Oc1ccccc1)C(=O)N1CC(=O)Nc2ccccc21. The van der Waals surface area contributed by atoms with Gasteiger partial charge in [0.25, 0.3) is 0 Å². The molecule has 2 N–H and O–H groups in total. The zero-order valence-electron chi connectivity index (χ0n) is 16.0. The number of benzene rings is 3. The molecule has 1 aliphatic heterocycles. The fraction of sp³-hybridized carbons (Fsp3) is 0.130. The molecule has 146 valence electrons. The van der Waals surface area contributed by atoms with Crippen LogP contribution in [0.2, 0.25) is 0 Å². The van der Waals surface area contributed by atoms with E-state index in [9.17, 15) is 9.59 Å². The molecule has 0 unspecified atom stereocenters. The van der Waals surface area contributed by atoms with Crippen molar-refractivity contribution in [3.05, 3.63) is 78.9 Å². The Balaban J connectivity index is 1.54. The van der Waals surface area contributed by atoms with Gasteiger partial charge in [0.05, 0.1) is 17.1 Å². The maximum atomic E-state index is 13.1. The van der Waals surface area contributed by atoms with Crippen LogP contribution in [0.4, 0.5) is 17.1 Å². The van der Waals surface area contributed by atoms with Crippen molar-refractivity contribution in [3.63, 3.8) is 0 Å². The van der Waals surface area contributed by atoms with Crippen molar-refractivity contribution in [2.24, 2.45) is 0 Å². The van der Waals surface area contributed by atoms with E-state index in [4.69, 9.17) is 4.74 Å². The quantitative estimate of drug-likeness (QED) is 0.686. The summed E-state index contributed by atoms with van der Waals surface area (Å²) in [5.41, 5.74) is 2.03. The molecule has 6 nitrogen and oxygen atoms in total. The van der Waals surface area contributed by atoms with Crippen LogP contribution in [0.25, 0.3) is 0 Å². The lowest BCUT2D eigenvalue weighted by molar-refractivity contribution is -0.122. The van der Waals surface area contributed by atoms with Gasteiger partial charge in [-0.25, -0.2) is 0 Å². The van der Waals surface area contributed by atoms with E-state index in [0.717, 1.165) is 0 Å². The first kappa shape index (κ1) is 18.6. The Morgan fingerprint density at radius 1 is 1.00 bits per heavy atom. The summed E-state index contributed by atoms with van der Waals surface area (Å²) in [6.07, 6.45) is 0. The van der Waals surface area contributed by atoms with Crippen molar-refractivity contribution in [3.8, 4) is 11.5 Å². The Morgan fingerprint density at radius 3 is 2.52 bits per heavy atom. The molecule has 0 saturated carbocycles. The first-order valence-electron chi connectivity index (χ1n) is 9.40. The Morgan fingerprint density at radius 2 is 1.69 bits per heavy atom. The van der Waals surface area contributed by atoms with Crippen LogP contribution in [0.3, 0.4) is 0 Å². The van der Waals surface area contributed by atoms with Crippen molar-refractivity contribution in [1.29, 1.82) is 0 Å². The largest absolute Gasteiger partial charge is 0.455 e. The van der Waals surface area contributed by atoms with Crippen molar-refractivity contribution in [2.45, 2.75) is 13.0 Å². The predicted octanol–water partition coefficient (Wildman–Crippen LogP) is 4.26. The van der Waals surface area contributed by atoms with Gasteiger partial charge in [0.1, 0.15) is 18.3 Å². The van der Waals surface area contributed by atoms with Gasteiger partial charge in [0.15, 0.2) is 5.75 Å². The first-order valence-corrected chi connectivity index (χ1v) is 9.40. The third kappa shape index (κ3) is 4.06. The zero-order valence-corrected chi connectivity index (χ0v) is 16.0. The number of hydrogen-bond donors (Lipinski definition) is 2. The average molecular weight is 387 g/mol. The van der Waals surface area contributed by atoms with E-state index >= 15 is 0 Å². The second kappa shape index (κ2) is 8.06. The van der Waals surface area contributed by atoms with E-state index in [1.165, 1.54) is 4.90 Å². The van der Waals surface area contributed by atoms with Crippen molar-refractivity contribution >= 4 is 28.9 Å². The highest BCUT2D eigenvalue weighted by molar-refractivity contribution is 6.11. The van der Waals surface area contributed by atoms with E-state index in [1.54, 1.807) is 13.0 Å². The Bertz CT molecular complexity index is 1040. The standard InChI is InChI=1S/C23H21N3O3/c1-16(23(28)26-15-22(27)25-18-11-5-7-13-20(18)26)24-19-12-6-8-14-21(19)29-17-9-3-2-4-10-17/h2-14,16,24H,15H2,1H3,(H,25,27)/t16-/m0/s1. The van der Waals surface area contributed by atoms with Crippen LogP contribution in [0.15, 0.2) is 78.9 Å². The number of hydrogen-bond acceptors (Lipinski definition) is 4. The zero-order chi connectivity index (χ0) is 20.2. The summed E-state index contributed by atoms with van der Waals surface area (Å²) in [5, 5.41) is 6.02. The van der Waals surface area contributed by atoms with Crippen LogP contribution >= 0.6 is 0 Å². The smallest absolute Gasteiger partial charge is 0.249 e. The molecule has 1 atom stereocenters. The van der Waals surface area contributed by atoms with Gasteiger partial charge in [-0.2, -0.15) is 0 Å². The Kier molecular flexibility index (Phi) is 5.16. The lowest BCUT2D eigenvalue weighted by Gasteiger charge is -2.31. The summed E-state index contributed by atoms with van der Waals surface area (Å²) < 4.78 is 5.96. The summed E-state index contributed by atoms with van der Waals surface area (Å²) in [5.74, 6) is 0.927. The molecule has 6 heteroatoms. The van der Waals surface area contributed by atoms with E-state index < -0.39 is 6.04 Å². The van der Waals surface area contributed by atoms with Crippen molar-refractivity contribution in [2.75, 3.05) is 22.1 Å². The predicted molar refractivity (Wildman–Crippen MR) is 113 cm³/mol. The highest BCUT2D eigenvalue weighted by Gasteiger charge is 2.29. The molecule has 0 fully saturated rings. The third-order valence-corrected chi connectivity index (χ3v) is 4.64. The third-order valence-electron chi connectivity index (χ3n) is 4.64. The van der Waals surface area contributed by atoms with Crippen LogP contribution in [0, 0.1) is 0 Å². The highest BCUT2D eigenvalue weighted by Crippen LogP contribution is 2.32. The minimum atomic E-state index is -0.561. The van der Waals surface area contributed by atoms with E-state index in [1.807, 2.05) is 72.8 Å². The van der Waals surface area contributed by atoms with Crippen LogP contribution < -0.4 is 20.3 Å². The summed E-state index contributed by atoms with van der Waals surface area (Å²) in [6.45, 7) is 1.76. The van der Waals surface area contributed by atoms with Crippen LogP contribution in [-0.4, -0.2) is 24.4 Å². The van der Waals surface area contributed by atoms with Crippen molar-refractivity contribution < 1.29 is 14.3 Å². The minimum absolute atomic E-state index is 0.00989. The Hall–Kier alpha value is -3.80. The van der Waals surface area contributed by atoms with Gasteiger partial charge >= 0.3 is 0 Å². The number of fused-ring (bicyclic) bond motifs is 1. The number of carbonyl (C=O) groups is 2. The molecule has 29 heavy (non-hydrogen) atoms. The van der Waals surface area contributed by atoms with Crippen LogP contribution in [0.1, 0.15) is 6.92 Å². The van der Waals surface area contributed by atoms with Gasteiger partial charge in [-0.05, 0) is 43.3 Å². The molecule has 0 spiro atoms. The molecule has 0 saturated heterocycles. The molecule has 3 aromatic carbocycles. The molecular formula is C23H21N3O3. The normalized spacial score (nSPS) is 13.8. The minimum Gasteiger partial charge on any atom is -0.455 e. The molecule has 4 rings (SSSR count). The number of nitrogens with one attached hydrogen (secondary N) is 2. The molecule has 0 bridgehead atoms. The Labute approximate surface area is 169 Å². The lowest BCUT2D eigenvalue weighted by Crippen LogP contribution is -2.47. The summed E-state index contributed by atoms with van der Waals surface area (Å²) in [6, 6.07) is 23.6. The van der Waals surface area contributed by atoms with E-state index in [2.05, 4.69) is 10.6 Å². The monoisotopic (exact) mass is 387 g/mol. The summed E-state index contributed by atoms with van der Waals surface area (Å²) in [4.78, 5) is 26.7. The molecule has 0 radical (unpaired) electrons. The van der Waals surface area contributed by atoms with Gasteiger partial charge in [-0.1, -0.05) is 42.5 Å². The highest BCUT2D eigenvalue weighted by atomic mass is 16.5. The number of amides is 2. The fourth-order valence-electron chi connectivity index (χ4n) is 3.25. The second-order valence-electron chi connectivity index (χ2n) is 6.77. The number of carbonyl (C=O) groups excluding carboxylic acids is 2. The molecule has 1 aliphatic rings. The fourth-order valence-corrected chi connectivity index (χ4v) is 3.25. The second-order valence-corrected chi connectivity index (χ2v) is 6.77. The molecule has 0 aromatic heterocycles. The molecule has 2 amide bonds. The van der Waals surface area contributed by atoms with Gasteiger partial charge in [0, 0.05) is 0 Å². The average Bonchev–Trinajstić information content (AvgIpc) is 2.74. The topological polar surface area (TPSA) is 70.7 Å². The van der Waals surface area contributed by atoms with E-state index in [0.29, 0.717) is 28.6 Å². The summed E-state index contributed by atoms with van der Waals surface area (Å²) >= 11 is 0. The first-order chi connectivity index (χ1) is 14.1. The maximum Gasteiger partial charge on any atom is 0.249 e. The number of ether oxygens (including phenoxy) is 1. The van der Waals surface area contributed by atoms with Crippen molar-refractivity contribution in [1.82, 2.24) is 0 Å². The van der Waals surface area contributed by atoms with Crippen LogP contribution in [0.5, 0.6) is 11.5 Å². The van der Waals surface area contributed by atoms with Crippen LogP contribution in [-0.2, 0) is 9.59 Å². The van der Waals surface area contributed by atoms with Gasteiger partial charge < -0.3 is 15.4 Å². The molecule has 1 heterocycles. The van der Waals surface area contributed by atoms with Gasteiger partial charge in [0.2, 0.25) is 11.8 Å². The summed E-state index contributed by atoms with van der Waals surface area (Å²) in [7, 11) is 0. The molecule has 0 aliphatic carbocycles. The molecule has 3 aromatic rings.